The van der Waals surface area contributed by atoms with Gasteiger partial charge in [0.2, 0.25) is 5.91 Å². The van der Waals surface area contributed by atoms with Gasteiger partial charge in [-0.15, -0.1) is 0 Å². The van der Waals surface area contributed by atoms with Crippen LogP contribution in [0.15, 0.2) is 12.4 Å². The minimum absolute atomic E-state index is 0.0316. The normalized spacial score (nSPS) is 14.6. The fraction of sp³-hybridized carbons (Fsp3) is 0.636. The van der Waals surface area contributed by atoms with Crippen LogP contribution in [-0.2, 0) is 11.3 Å². The van der Waals surface area contributed by atoms with E-state index in [0.717, 1.165) is 31.5 Å². The first kappa shape index (κ1) is 11.9. The first-order chi connectivity index (χ1) is 8.28. The molecule has 0 atom stereocenters. The van der Waals surface area contributed by atoms with E-state index in [1.165, 1.54) is 0 Å². The van der Waals surface area contributed by atoms with Crippen LogP contribution in [0.5, 0.6) is 0 Å². The second kappa shape index (κ2) is 5.67. The molecule has 1 aromatic rings. The number of carbonyl (C=O) groups excluding carboxylic acids is 1. The lowest BCUT2D eigenvalue weighted by molar-refractivity contribution is -0.122. The number of carbonyl (C=O) groups is 1. The molecule has 1 aliphatic rings. The zero-order valence-corrected chi connectivity index (χ0v) is 9.85. The van der Waals surface area contributed by atoms with Crippen molar-refractivity contribution in [1.29, 1.82) is 0 Å². The van der Waals surface area contributed by atoms with Crippen LogP contribution in [0.25, 0.3) is 0 Å². The predicted octanol–water partition coefficient (Wildman–Crippen LogP) is -0.0776. The minimum Gasteiger partial charge on any atom is -0.382 e. The van der Waals surface area contributed by atoms with Crippen LogP contribution < -0.4 is 16.4 Å². The molecule has 0 bridgehead atoms. The van der Waals surface area contributed by atoms with Gasteiger partial charge in [0.1, 0.15) is 6.54 Å². The summed E-state index contributed by atoms with van der Waals surface area (Å²) in [5, 5.41) is 10.2. The van der Waals surface area contributed by atoms with Crippen molar-refractivity contribution in [2.45, 2.75) is 31.8 Å². The fourth-order valence-corrected chi connectivity index (χ4v) is 1.52. The lowest BCUT2D eigenvalue weighted by Crippen LogP contribution is -2.29. The quantitative estimate of drug-likeness (QED) is 0.579. The van der Waals surface area contributed by atoms with Crippen LogP contribution in [0.3, 0.4) is 0 Å². The Morgan fingerprint density at radius 1 is 1.59 bits per heavy atom. The molecule has 0 radical (unpaired) electrons. The summed E-state index contributed by atoms with van der Waals surface area (Å²) in [5.74, 6) is 0.0316. The zero-order chi connectivity index (χ0) is 12.1. The molecule has 0 saturated heterocycles. The number of nitrogens with one attached hydrogen (secondary N) is 2. The van der Waals surface area contributed by atoms with Crippen molar-refractivity contribution in [2.24, 2.45) is 5.73 Å². The lowest BCUT2D eigenvalue weighted by atomic mass is 10.4. The molecule has 6 nitrogen and oxygen atoms in total. The Kier molecular flexibility index (Phi) is 3.98. The number of hydrogen-bond acceptors (Lipinski definition) is 4. The number of aromatic nitrogens is 2. The van der Waals surface area contributed by atoms with Crippen molar-refractivity contribution >= 4 is 11.6 Å². The van der Waals surface area contributed by atoms with Gasteiger partial charge in [0.05, 0.1) is 11.9 Å². The molecule has 17 heavy (non-hydrogen) atoms. The van der Waals surface area contributed by atoms with Crippen molar-refractivity contribution in [1.82, 2.24) is 15.1 Å². The topological polar surface area (TPSA) is 85.0 Å². The second-order valence-corrected chi connectivity index (χ2v) is 4.34. The molecule has 1 aliphatic carbocycles. The minimum atomic E-state index is 0.0316. The van der Waals surface area contributed by atoms with E-state index < -0.39 is 0 Å². The Morgan fingerprint density at radius 2 is 2.41 bits per heavy atom. The van der Waals surface area contributed by atoms with Crippen molar-refractivity contribution in [3.63, 3.8) is 0 Å². The Morgan fingerprint density at radius 3 is 3.12 bits per heavy atom. The maximum Gasteiger partial charge on any atom is 0.241 e. The molecule has 4 N–H and O–H groups in total. The van der Waals surface area contributed by atoms with Crippen molar-refractivity contribution in [2.75, 3.05) is 18.4 Å². The maximum atomic E-state index is 11.5. The Labute approximate surface area is 101 Å². The smallest absolute Gasteiger partial charge is 0.241 e. The van der Waals surface area contributed by atoms with Gasteiger partial charge in [-0.25, -0.2) is 0 Å². The third-order valence-electron chi connectivity index (χ3n) is 2.59. The highest BCUT2D eigenvalue weighted by molar-refractivity contribution is 5.76. The molecule has 1 aromatic heterocycles. The molecule has 1 heterocycles. The molecule has 0 spiro atoms. The van der Waals surface area contributed by atoms with Gasteiger partial charge in [-0.05, 0) is 25.8 Å². The summed E-state index contributed by atoms with van der Waals surface area (Å²) in [4.78, 5) is 11.5. The van der Waals surface area contributed by atoms with Gasteiger partial charge in [-0.2, -0.15) is 5.10 Å². The SMILES string of the molecule is NCCCNc1cnn(CC(=O)NC2CC2)c1. The summed E-state index contributed by atoms with van der Waals surface area (Å²) in [6.07, 6.45) is 6.70. The van der Waals surface area contributed by atoms with Gasteiger partial charge in [-0.1, -0.05) is 0 Å². The van der Waals surface area contributed by atoms with Crippen LogP contribution in [0.1, 0.15) is 19.3 Å². The highest BCUT2D eigenvalue weighted by Crippen LogP contribution is 2.18. The lowest BCUT2D eigenvalue weighted by Gasteiger charge is -2.03. The monoisotopic (exact) mass is 237 g/mol. The fourth-order valence-electron chi connectivity index (χ4n) is 1.52. The second-order valence-electron chi connectivity index (χ2n) is 4.34. The third-order valence-corrected chi connectivity index (χ3v) is 2.59. The molecular formula is C11H19N5O. The van der Waals surface area contributed by atoms with Gasteiger partial charge < -0.3 is 16.4 Å². The van der Waals surface area contributed by atoms with E-state index in [-0.39, 0.29) is 12.5 Å². The molecule has 6 heteroatoms. The average molecular weight is 237 g/mol. The maximum absolute atomic E-state index is 11.5. The number of anilines is 1. The van der Waals surface area contributed by atoms with E-state index in [2.05, 4.69) is 15.7 Å². The van der Waals surface area contributed by atoms with Crippen molar-refractivity contribution in [3.05, 3.63) is 12.4 Å². The van der Waals surface area contributed by atoms with Crippen LogP contribution in [0.4, 0.5) is 5.69 Å². The largest absolute Gasteiger partial charge is 0.382 e. The zero-order valence-electron chi connectivity index (χ0n) is 9.85. The van der Waals surface area contributed by atoms with Crippen LogP contribution in [0.2, 0.25) is 0 Å². The Bertz CT molecular complexity index is 372. The first-order valence-electron chi connectivity index (χ1n) is 6.03. The summed E-state index contributed by atoms with van der Waals surface area (Å²) >= 11 is 0. The van der Waals surface area contributed by atoms with Crippen LogP contribution in [-0.4, -0.2) is 34.8 Å². The van der Waals surface area contributed by atoms with E-state index in [4.69, 9.17) is 5.73 Å². The molecular weight excluding hydrogens is 218 g/mol. The third kappa shape index (κ3) is 4.07. The number of nitrogens with two attached hydrogens (primary N) is 1. The molecule has 0 aromatic carbocycles. The van der Waals surface area contributed by atoms with E-state index in [1.54, 1.807) is 10.9 Å². The van der Waals surface area contributed by atoms with Crippen molar-refractivity contribution in [3.8, 4) is 0 Å². The number of hydrogen-bond donors (Lipinski definition) is 3. The first-order valence-corrected chi connectivity index (χ1v) is 6.03. The highest BCUT2D eigenvalue weighted by Gasteiger charge is 2.23. The van der Waals surface area contributed by atoms with Gasteiger partial charge in [-0.3, -0.25) is 9.48 Å². The van der Waals surface area contributed by atoms with Gasteiger partial charge in [0, 0.05) is 18.8 Å². The van der Waals surface area contributed by atoms with E-state index >= 15 is 0 Å². The Hall–Kier alpha value is -1.56. The molecule has 1 fully saturated rings. The number of nitrogens with zero attached hydrogens (tertiary/aromatic N) is 2. The van der Waals surface area contributed by atoms with Crippen LogP contribution >= 0.6 is 0 Å². The standard InChI is InChI=1S/C11H19N5O/c12-4-1-5-13-10-6-14-16(7-10)8-11(17)15-9-2-3-9/h6-7,9,13H,1-5,8,12H2,(H,15,17). The molecule has 2 rings (SSSR count). The summed E-state index contributed by atoms with van der Waals surface area (Å²) in [7, 11) is 0. The van der Waals surface area contributed by atoms with Crippen LogP contribution in [0, 0.1) is 0 Å². The van der Waals surface area contributed by atoms with E-state index in [9.17, 15) is 4.79 Å². The van der Waals surface area contributed by atoms with Crippen molar-refractivity contribution < 1.29 is 4.79 Å². The summed E-state index contributed by atoms with van der Waals surface area (Å²) in [5.41, 5.74) is 6.33. The molecule has 1 amide bonds. The summed E-state index contributed by atoms with van der Waals surface area (Å²) in [6.45, 7) is 1.79. The summed E-state index contributed by atoms with van der Waals surface area (Å²) < 4.78 is 1.64. The Balaban J connectivity index is 1.74. The average Bonchev–Trinajstić information content (AvgIpc) is 2.99. The van der Waals surface area contributed by atoms with Gasteiger partial charge >= 0.3 is 0 Å². The predicted molar refractivity (Wildman–Crippen MR) is 65.6 cm³/mol. The number of amides is 1. The van der Waals surface area contributed by atoms with Gasteiger partial charge in [0.15, 0.2) is 0 Å². The molecule has 0 aliphatic heterocycles. The molecule has 1 saturated carbocycles. The molecule has 0 unspecified atom stereocenters. The van der Waals surface area contributed by atoms with E-state index in [1.807, 2.05) is 6.20 Å². The number of rotatable bonds is 7. The summed E-state index contributed by atoms with van der Waals surface area (Å²) in [6, 6.07) is 0.403. The molecule has 94 valence electrons. The highest BCUT2D eigenvalue weighted by atomic mass is 16.2. The van der Waals surface area contributed by atoms with E-state index in [0.29, 0.717) is 12.6 Å². The van der Waals surface area contributed by atoms with Gasteiger partial charge in [0.25, 0.3) is 0 Å².